The number of nitrogens with one attached hydrogen (secondary N) is 1. The number of amides is 1. The maximum absolute atomic E-state index is 12.7. The highest BCUT2D eigenvalue weighted by Crippen LogP contribution is 2.38. The molecule has 0 saturated heterocycles. The second-order valence-corrected chi connectivity index (χ2v) is 6.96. The molecule has 4 rings (SSSR count). The van der Waals surface area contributed by atoms with Gasteiger partial charge in [-0.3, -0.25) is 9.48 Å². The molecule has 1 fully saturated rings. The Balaban J connectivity index is 1.58. The van der Waals surface area contributed by atoms with Crippen molar-refractivity contribution in [1.82, 2.24) is 24.5 Å². The lowest BCUT2D eigenvalue weighted by molar-refractivity contribution is 0.0234. The molecule has 1 aliphatic rings. The fraction of sp³-hybridized carbons (Fsp3) is 0.353. The minimum absolute atomic E-state index is 0.189. The molecule has 0 unspecified atom stereocenters. The summed E-state index contributed by atoms with van der Waals surface area (Å²) >= 11 is 5.97. The Hall–Kier alpha value is -2.38. The zero-order valence-corrected chi connectivity index (χ0v) is 14.4. The maximum atomic E-state index is 12.7. The van der Waals surface area contributed by atoms with Crippen molar-refractivity contribution in [2.45, 2.75) is 25.0 Å². The minimum atomic E-state index is -0.293. The Labute approximate surface area is 149 Å². The van der Waals surface area contributed by atoms with Gasteiger partial charge in [0.1, 0.15) is 11.3 Å². The zero-order valence-electron chi connectivity index (χ0n) is 13.6. The van der Waals surface area contributed by atoms with Gasteiger partial charge in [0.2, 0.25) is 0 Å². The molecule has 130 valence electrons. The summed E-state index contributed by atoms with van der Waals surface area (Å²) in [5, 5.41) is 17.4. The smallest absolute Gasteiger partial charge is 0.272 e. The van der Waals surface area contributed by atoms with E-state index in [1.54, 1.807) is 39.8 Å². The predicted molar refractivity (Wildman–Crippen MR) is 92.3 cm³/mol. The third-order valence-electron chi connectivity index (χ3n) is 4.64. The molecule has 1 amide bonds. The summed E-state index contributed by atoms with van der Waals surface area (Å²) in [7, 11) is 1.84. The molecule has 8 heteroatoms. The predicted octanol–water partition coefficient (Wildman–Crippen LogP) is 1.96. The van der Waals surface area contributed by atoms with Gasteiger partial charge in [-0.1, -0.05) is 11.6 Å². The number of aliphatic hydroxyl groups excluding tert-OH is 1. The van der Waals surface area contributed by atoms with Crippen molar-refractivity contribution in [3.63, 3.8) is 0 Å². The normalized spacial score (nSPS) is 21.1. The van der Waals surface area contributed by atoms with Crippen molar-refractivity contribution in [3.8, 4) is 0 Å². The molecule has 25 heavy (non-hydrogen) atoms. The third-order valence-corrected chi connectivity index (χ3v) is 4.86. The number of hydrogen-bond acceptors (Lipinski definition) is 4. The van der Waals surface area contributed by atoms with Gasteiger partial charge in [-0.2, -0.15) is 5.10 Å². The summed E-state index contributed by atoms with van der Waals surface area (Å²) in [6.45, 7) is 0. The molecule has 3 aromatic rings. The molecule has 0 radical (unpaired) electrons. The van der Waals surface area contributed by atoms with Crippen LogP contribution in [0.4, 0.5) is 0 Å². The summed E-state index contributed by atoms with van der Waals surface area (Å²) < 4.78 is 3.43. The highest BCUT2D eigenvalue weighted by atomic mass is 35.5. The lowest BCUT2D eigenvalue weighted by Crippen LogP contribution is -2.41. The molecule has 7 nitrogen and oxygen atoms in total. The van der Waals surface area contributed by atoms with E-state index in [4.69, 9.17) is 11.6 Å². The number of imidazole rings is 1. The number of halogens is 1. The van der Waals surface area contributed by atoms with Crippen LogP contribution in [0.2, 0.25) is 5.02 Å². The van der Waals surface area contributed by atoms with Crippen LogP contribution >= 0.6 is 11.6 Å². The summed E-state index contributed by atoms with van der Waals surface area (Å²) in [5.41, 5.74) is 1.92. The van der Waals surface area contributed by atoms with Crippen LogP contribution in [0.1, 0.15) is 34.9 Å². The Morgan fingerprint density at radius 2 is 2.16 bits per heavy atom. The molecule has 2 N–H and O–H groups in total. The van der Waals surface area contributed by atoms with Gasteiger partial charge < -0.3 is 14.8 Å². The van der Waals surface area contributed by atoms with E-state index in [9.17, 15) is 9.90 Å². The highest BCUT2D eigenvalue weighted by Gasteiger charge is 2.36. The third kappa shape index (κ3) is 3.12. The van der Waals surface area contributed by atoms with Gasteiger partial charge in [0, 0.05) is 31.2 Å². The van der Waals surface area contributed by atoms with Crippen molar-refractivity contribution in [2.75, 3.05) is 0 Å². The molecule has 0 aromatic carbocycles. The van der Waals surface area contributed by atoms with E-state index in [2.05, 4.69) is 15.4 Å². The van der Waals surface area contributed by atoms with Crippen molar-refractivity contribution in [1.29, 1.82) is 0 Å². The van der Waals surface area contributed by atoms with Gasteiger partial charge in [-0.15, -0.1) is 0 Å². The quantitative estimate of drug-likeness (QED) is 0.745. The van der Waals surface area contributed by atoms with E-state index in [0.29, 0.717) is 29.2 Å². The zero-order chi connectivity index (χ0) is 17.6. The van der Waals surface area contributed by atoms with Crippen LogP contribution in [0.25, 0.3) is 5.65 Å². The Bertz CT molecular complexity index is 928. The van der Waals surface area contributed by atoms with Crippen LogP contribution in [0, 0.1) is 5.92 Å². The van der Waals surface area contributed by atoms with E-state index in [1.165, 1.54) is 0 Å². The average molecular weight is 360 g/mol. The number of aryl methyl sites for hydroxylation is 1. The first-order valence-electron chi connectivity index (χ1n) is 8.11. The SMILES string of the molecule is Cn1cc([C@H](NC(=O)c2cn3cc(Cl)ccc3n2)C2CC(O)C2)cn1. The number of rotatable bonds is 4. The number of hydrogen-bond donors (Lipinski definition) is 2. The first kappa shape index (κ1) is 16.1. The standard InChI is InChI=1S/C17H18ClN5O2/c1-22-7-11(6-19-22)16(10-4-13(24)5-10)21-17(25)14-9-23-8-12(18)2-3-15(23)20-14/h2-3,6-10,13,16,24H,4-5H2,1H3,(H,21,25)/t10?,13?,16-/m1/s1. The molecule has 0 spiro atoms. The second-order valence-electron chi connectivity index (χ2n) is 6.52. The van der Waals surface area contributed by atoms with E-state index < -0.39 is 0 Å². The van der Waals surface area contributed by atoms with Crippen LogP contribution in [0.5, 0.6) is 0 Å². The molecule has 3 aromatic heterocycles. The molecule has 0 bridgehead atoms. The summed E-state index contributed by atoms with van der Waals surface area (Å²) in [5.74, 6) is -0.0651. The van der Waals surface area contributed by atoms with Crippen molar-refractivity contribution >= 4 is 23.2 Å². The van der Waals surface area contributed by atoms with Crippen LogP contribution < -0.4 is 5.32 Å². The van der Waals surface area contributed by atoms with Gasteiger partial charge in [0.15, 0.2) is 0 Å². The molecular formula is C17H18ClN5O2. The fourth-order valence-electron chi connectivity index (χ4n) is 3.27. The fourth-order valence-corrected chi connectivity index (χ4v) is 3.43. The molecule has 1 saturated carbocycles. The van der Waals surface area contributed by atoms with E-state index >= 15 is 0 Å². The molecular weight excluding hydrogens is 342 g/mol. The van der Waals surface area contributed by atoms with Gasteiger partial charge in [0.25, 0.3) is 5.91 Å². The number of fused-ring (bicyclic) bond motifs is 1. The largest absolute Gasteiger partial charge is 0.393 e. The Morgan fingerprint density at radius 1 is 1.36 bits per heavy atom. The monoisotopic (exact) mass is 359 g/mol. The number of aliphatic hydroxyl groups is 1. The van der Waals surface area contributed by atoms with Gasteiger partial charge >= 0.3 is 0 Å². The maximum Gasteiger partial charge on any atom is 0.272 e. The Morgan fingerprint density at radius 3 is 2.84 bits per heavy atom. The van der Waals surface area contributed by atoms with Crippen molar-refractivity contribution < 1.29 is 9.90 Å². The number of carbonyl (C=O) groups excluding carboxylic acids is 1. The summed E-state index contributed by atoms with van der Waals surface area (Å²) in [6, 6.07) is 3.30. The van der Waals surface area contributed by atoms with E-state index in [0.717, 1.165) is 5.56 Å². The van der Waals surface area contributed by atoms with Gasteiger partial charge in [-0.05, 0) is 30.9 Å². The van der Waals surface area contributed by atoms with Crippen LogP contribution in [-0.4, -0.2) is 36.3 Å². The molecule has 1 aliphatic carbocycles. The number of pyridine rings is 1. The minimum Gasteiger partial charge on any atom is -0.393 e. The molecule has 0 aliphatic heterocycles. The number of aromatic nitrogens is 4. The number of nitrogens with zero attached hydrogens (tertiary/aromatic N) is 4. The molecule has 3 heterocycles. The first-order valence-corrected chi connectivity index (χ1v) is 8.49. The second kappa shape index (κ2) is 6.16. The highest BCUT2D eigenvalue weighted by molar-refractivity contribution is 6.30. The van der Waals surface area contributed by atoms with Crippen molar-refractivity contribution in [3.05, 3.63) is 53.2 Å². The van der Waals surface area contributed by atoms with Gasteiger partial charge in [0.05, 0.1) is 23.4 Å². The van der Waals surface area contributed by atoms with Crippen LogP contribution in [0.15, 0.2) is 36.9 Å². The lowest BCUT2D eigenvalue weighted by Gasteiger charge is -2.37. The Kier molecular flexibility index (Phi) is 3.97. The van der Waals surface area contributed by atoms with E-state index in [1.807, 2.05) is 13.2 Å². The summed E-state index contributed by atoms with van der Waals surface area (Å²) in [4.78, 5) is 17.1. The molecule has 1 atom stereocenters. The van der Waals surface area contributed by atoms with Crippen LogP contribution in [-0.2, 0) is 7.05 Å². The van der Waals surface area contributed by atoms with Crippen molar-refractivity contribution in [2.24, 2.45) is 13.0 Å². The van der Waals surface area contributed by atoms with E-state index in [-0.39, 0.29) is 24.0 Å². The first-order chi connectivity index (χ1) is 12.0. The number of carbonyl (C=O) groups is 1. The topological polar surface area (TPSA) is 84.5 Å². The van der Waals surface area contributed by atoms with Crippen LogP contribution in [0.3, 0.4) is 0 Å². The lowest BCUT2D eigenvalue weighted by atomic mass is 9.75. The summed E-state index contributed by atoms with van der Waals surface area (Å²) in [6.07, 6.45) is 8.05. The van der Waals surface area contributed by atoms with Gasteiger partial charge in [-0.25, -0.2) is 4.98 Å². The average Bonchev–Trinajstić information content (AvgIpc) is 3.15.